The molecule has 1 aliphatic heterocycles. The van der Waals surface area contributed by atoms with E-state index < -0.39 is 17.8 Å². The van der Waals surface area contributed by atoms with Crippen LogP contribution in [0, 0.1) is 5.92 Å². The number of hydrogen-bond acceptors (Lipinski definition) is 4. The van der Waals surface area contributed by atoms with E-state index in [2.05, 4.69) is 34.2 Å². The van der Waals surface area contributed by atoms with E-state index in [4.69, 9.17) is 4.84 Å². The number of carbonyl (C=O) groups excluding carboxylic acids is 1. The summed E-state index contributed by atoms with van der Waals surface area (Å²) in [6.45, 7) is 7.38. The summed E-state index contributed by atoms with van der Waals surface area (Å²) in [5.41, 5.74) is -1.31. The highest BCUT2D eigenvalue weighted by Gasteiger charge is 2.35. The Morgan fingerprint density at radius 1 is 1.52 bits per heavy atom. The highest BCUT2D eigenvalue weighted by Crippen LogP contribution is 2.28. The molecule has 1 atom stereocenters. The molecule has 8 nitrogen and oxygen atoms in total. The van der Waals surface area contributed by atoms with E-state index >= 15 is 0 Å². The van der Waals surface area contributed by atoms with Gasteiger partial charge in [-0.3, -0.25) is 9.48 Å². The Morgan fingerprint density at radius 3 is 2.85 bits per heavy atom. The van der Waals surface area contributed by atoms with Gasteiger partial charge in [0.15, 0.2) is 5.69 Å². The van der Waals surface area contributed by atoms with Crippen molar-refractivity contribution in [3.63, 3.8) is 0 Å². The maximum atomic E-state index is 12.6. The third-order valence-electron chi connectivity index (χ3n) is 4.11. The molecule has 2 rings (SSSR count). The van der Waals surface area contributed by atoms with Crippen LogP contribution in [0.15, 0.2) is 16.2 Å². The molecule has 0 bridgehead atoms. The molecule has 1 N–H and O–H groups in total. The Balaban J connectivity index is 1.81. The standard InChI is InChI=1S/C16H23F3N6O2/c1-11-5-4-7-25(10-11)15(20-2)23-27-8-6-21-14(26)12-9-13(16(17,18)19)22-24(12)3/h9,11H,2,4-8,10H2,1,3H3,(H,21,26)/b23-15+. The molecule has 0 aliphatic carbocycles. The van der Waals surface area contributed by atoms with Crippen molar-refractivity contribution in [3.8, 4) is 0 Å². The summed E-state index contributed by atoms with van der Waals surface area (Å²) < 4.78 is 38.8. The van der Waals surface area contributed by atoms with Crippen LogP contribution in [0.3, 0.4) is 0 Å². The minimum absolute atomic E-state index is 0.0398. The molecule has 2 heterocycles. The van der Waals surface area contributed by atoms with Crippen molar-refractivity contribution < 1.29 is 22.8 Å². The number of hydrogen-bond donors (Lipinski definition) is 1. The number of piperidine rings is 1. The topological polar surface area (TPSA) is 84.1 Å². The second kappa shape index (κ2) is 8.87. The lowest BCUT2D eigenvalue weighted by molar-refractivity contribution is -0.141. The van der Waals surface area contributed by atoms with E-state index in [-0.39, 0.29) is 18.8 Å². The van der Waals surface area contributed by atoms with Gasteiger partial charge in [-0.2, -0.15) is 18.3 Å². The summed E-state index contributed by atoms with van der Waals surface area (Å²) in [6.07, 6.45) is -2.41. The smallest absolute Gasteiger partial charge is 0.391 e. The van der Waals surface area contributed by atoms with E-state index in [9.17, 15) is 18.0 Å². The van der Waals surface area contributed by atoms with Crippen molar-refractivity contribution >= 4 is 18.6 Å². The highest BCUT2D eigenvalue weighted by molar-refractivity contribution is 5.92. The number of guanidine groups is 1. The van der Waals surface area contributed by atoms with Crippen LogP contribution >= 0.6 is 0 Å². The Kier molecular flexibility index (Phi) is 6.81. The zero-order chi connectivity index (χ0) is 20.0. The molecule has 0 spiro atoms. The maximum absolute atomic E-state index is 12.6. The second-order valence-corrected chi connectivity index (χ2v) is 6.37. The number of halogens is 3. The van der Waals surface area contributed by atoms with Crippen LogP contribution in [0.5, 0.6) is 0 Å². The number of rotatable bonds is 5. The summed E-state index contributed by atoms with van der Waals surface area (Å²) in [7, 11) is 1.27. The molecule has 0 aromatic carbocycles. The predicted octanol–water partition coefficient (Wildman–Crippen LogP) is 1.89. The van der Waals surface area contributed by atoms with Crippen LogP contribution < -0.4 is 5.32 Å². The fourth-order valence-electron chi connectivity index (χ4n) is 2.78. The average molecular weight is 388 g/mol. The zero-order valence-electron chi connectivity index (χ0n) is 15.3. The Hall–Kier alpha value is -2.59. The molecule has 11 heteroatoms. The maximum Gasteiger partial charge on any atom is 0.435 e. The number of nitrogens with zero attached hydrogens (tertiary/aromatic N) is 5. The van der Waals surface area contributed by atoms with Crippen LogP contribution in [0.2, 0.25) is 0 Å². The summed E-state index contributed by atoms with van der Waals surface area (Å²) in [6, 6.07) is 0.700. The minimum atomic E-state index is -4.60. The first-order chi connectivity index (χ1) is 12.7. The highest BCUT2D eigenvalue weighted by atomic mass is 19.4. The summed E-state index contributed by atoms with van der Waals surface area (Å²) in [5, 5.41) is 9.67. The fourth-order valence-corrected chi connectivity index (χ4v) is 2.78. The zero-order valence-corrected chi connectivity index (χ0v) is 15.3. The van der Waals surface area contributed by atoms with E-state index in [0.29, 0.717) is 17.9 Å². The third-order valence-corrected chi connectivity index (χ3v) is 4.11. The molecule has 27 heavy (non-hydrogen) atoms. The number of carbonyl (C=O) groups is 1. The normalized spacial score (nSPS) is 18.3. The first-order valence-electron chi connectivity index (χ1n) is 8.53. The Bertz CT molecular complexity index is 701. The van der Waals surface area contributed by atoms with Crippen molar-refractivity contribution in [3.05, 3.63) is 17.5 Å². The number of oxime groups is 1. The molecule has 1 aromatic rings. The monoisotopic (exact) mass is 388 g/mol. The lowest BCUT2D eigenvalue weighted by atomic mass is 10.0. The molecule has 0 saturated carbocycles. The summed E-state index contributed by atoms with van der Waals surface area (Å²) >= 11 is 0. The van der Waals surface area contributed by atoms with Gasteiger partial charge in [-0.05, 0) is 30.6 Å². The van der Waals surface area contributed by atoms with E-state index in [0.717, 1.165) is 30.6 Å². The lowest BCUT2D eigenvalue weighted by Gasteiger charge is -2.30. The largest absolute Gasteiger partial charge is 0.435 e. The van der Waals surface area contributed by atoms with Crippen LogP contribution in [0.4, 0.5) is 13.2 Å². The predicted molar refractivity (Wildman–Crippen MR) is 93.5 cm³/mol. The number of alkyl halides is 3. The van der Waals surface area contributed by atoms with Crippen molar-refractivity contribution in [2.24, 2.45) is 23.1 Å². The SMILES string of the molecule is C=N/C(=N\OCCNC(=O)c1cc(C(F)(F)F)nn1C)N1CCCC(C)C1. The molecule has 1 aliphatic rings. The van der Waals surface area contributed by atoms with E-state index in [1.54, 1.807) is 0 Å². The van der Waals surface area contributed by atoms with Crippen molar-refractivity contribution in [2.75, 3.05) is 26.2 Å². The molecule has 1 saturated heterocycles. The van der Waals surface area contributed by atoms with Crippen molar-refractivity contribution in [2.45, 2.75) is 25.9 Å². The van der Waals surface area contributed by atoms with Crippen LogP contribution in [0.1, 0.15) is 35.9 Å². The van der Waals surface area contributed by atoms with Gasteiger partial charge >= 0.3 is 6.18 Å². The van der Waals surface area contributed by atoms with Crippen molar-refractivity contribution in [1.29, 1.82) is 0 Å². The summed E-state index contributed by atoms with van der Waals surface area (Å²) in [5.74, 6) is 0.236. The lowest BCUT2D eigenvalue weighted by Crippen LogP contribution is -2.38. The quantitative estimate of drug-likeness (QED) is 0.361. The average Bonchev–Trinajstić information content (AvgIpc) is 3.00. The molecule has 1 amide bonds. The number of aryl methyl sites for hydroxylation is 1. The van der Waals surface area contributed by atoms with E-state index in [1.807, 2.05) is 4.90 Å². The van der Waals surface area contributed by atoms with Crippen LogP contribution in [-0.2, 0) is 18.1 Å². The Labute approximate surface area is 155 Å². The molecule has 1 unspecified atom stereocenters. The second-order valence-electron chi connectivity index (χ2n) is 6.37. The third kappa shape index (κ3) is 5.69. The first-order valence-corrected chi connectivity index (χ1v) is 8.53. The number of aromatic nitrogens is 2. The number of likely N-dealkylation sites (tertiary alicyclic amines) is 1. The van der Waals surface area contributed by atoms with Crippen LogP contribution in [-0.4, -0.2) is 59.5 Å². The van der Waals surface area contributed by atoms with Gasteiger partial charge in [-0.25, -0.2) is 4.99 Å². The van der Waals surface area contributed by atoms with Gasteiger partial charge in [0.25, 0.3) is 11.9 Å². The van der Waals surface area contributed by atoms with Gasteiger partial charge in [0.2, 0.25) is 0 Å². The molecule has 1 aromatic heterocycles. The van der Waals surface area contributed by atoms with Gasteiger partial charge in [0, 0.05) is 26.2 Å². The van der Waals surface area contributed by atoms with E-state index in [1.165, 1.54) is 7.05 Å². The van der Waals surface area contributed by atoms with Gasteiger partial charge in [0.1, 0.15) is 12.3 Å². The molecular weight excluding hydrogens is 365 g/mol. The molecule has 150 valence electrons. The Morgan fingerprint density at radius 2 is 2.26 bits per heavy atom. The van der Waals surface area contributed by atoms with Crippen molar-refractivity contribution in [1.82, 2.24) is 20.0 Å². The minimum Gasteiger partial charge on any atom is -0.391 e. The molecule has 0 radical (unpaired) electrons. The molecular formula is C16H23F3N6O2. The van der Waals surface area contributed by atoms with Crippen LogP contribution in [0.25, 0.3) is 0 Å². The van der Waals surface area contributed by atoms with Gasteiger partial charge in [-0.1, -0.05) is 6.92 Å². The first kappa shape index (κ1) is 20.7. The number of nitrogens with one attached hydrogen (secondary N) is 1. The number of amides is 1. The van der Waals surface area contributed by atoms with Gasteiger partial charge in [0.05, 0.1) is 6.54 Å². The van der Waals surface area contributed by atoms with Gasteiger partial charge < -0.3 is 15.1 Å². The van der Waals surface area contributed by atoms with Gasteiger partial charge in [-0.15, -0.1) is 0 Å². The number of aliphatic imine (C=N–C) groups is 1. The molecule has 1 fully saturated rings. The summed E-state index contributed by atoms with van der Waals surface area (Å²) in [4.78, 5) is 23.0. The fraction of sp³-hybridized carbons (Fsp3) is 0.625.